The predicted molar refractivity (Wildman–Crippen MR) is 77.1 cm³/mol. The third kappa shape index (κ3) is 1.93. The van der Waals surface area contributed by atoms with Crippen molar-refractivity contribution in [3.8, 4) is 0 Å². The fourth-order valence-electron chi connectivity index (χ4n) is 2.67. The molecular weight excluding hydrogens is 238 g/mol. The maximum Gasteiger partial charge on any atom is 0.225 e. The summed E-state index contributed by atoms with van der Waals surface area (Å²) in [6.45, 7) is 6.15. The maximum atomic E-state index is 11.7. The number of hydrogen-bond donors (Lipinski definition) is 2. The highest BCUT2D eigenvalue weighted by atomic mass is 16.1. The van der Waals surface area contributed by atoms with Gasteiger partial charge in [-0.15, -0.1) is 0 Å². The van der Waals surface area contributed by atoms with Crippen molar-refractivity contribution in [2.24, 2.45) is 0 Å². The molecule has 2 N–H and O–H groups in total. The van der Waals surface area contributed by atoms with E-state index >= 15 is 0 Å². The van der Waals surface area contributed by atoms with E-state index in [1.54, 1.807) is 0 Å². The first-order valence-electron chi connectivity index (χ1n) is 6.46. The number of aromatic amines is 1. The number of amides is 1. The van der Waals surface area contributed by atoms with Gasteiger partial charge in [-0.1, -0.05) is 19.9 Å². The van der Waals surface area contributed by atoms with Crippen LogP contribution in [0.5, 0.6) is 0 Å². The molecule has 0 unspecified atom stereocenters. The molecule has 4 heteroatoms. The molecule has 1 aliphatic rings. The first-order chi connectivity index (χ1) is 8.99. The molecule has 0 bridgehead atoms. The van der Waals surface area contributed by atoms with E-state index in [1.165, 1.54) is 0 Å². The predicted octanol–water partition coefficient (Wildman–Crippen LogP) is 3.22. The van der Waals surface area contributed by atoms with Crippen LogP contribution < -0.4 is 5.32 Å². The summed E-state index contributed by atoms with van der Waals surface area (Å²) in [5.74, 6) is 0.907. The van der Waals surface area contributed by atoms with Crippen LogP contribution in [0.15, 0.2) is 18.2 Å². The van der Waals surface area contributed by atoms with Crippen LogP contribution in [0.4, 0.5) is 5.69 Å². The maximum absolute atomic E-state index is 11.7. The number of carbonyl (C=O) groups is 1. The molecule has 0 saturated heterocycles. The quantitative estimate of drug-likeness (QED) is 0.822. The lowest BCUT2D eigenvalue weighted by molar-refractivity contribution is -0.117. The SMILES string of the molecule is C/C=C\c1nc2cc3c(cc2[nH]1)C(C)(C)CC(=O)N3. The van der Waals surface area contributed by atoms with E-state index in [9.17, 15) is 4.79 Å². The summed E-state index contributed by atoms with van der Waals surface area (Å²) >= 11 is 0. The molecule has 0 atom stereocenters. The Hall–Kier alpha value is -2.10. The van der Waals surface area contributed by atoms with Gasteiger partial charge in [0.05, 0.1) is 11.0 Å². The van der Waals surface area contributed by atoms with Gasteiger partial charge in [-0.3, -0.25) is 4.79 Å². The number of aromatic nitrogens is 2. The molecule has 0 spiro atoms. The molecule has 0 saturated carbocycles. The molecule has 1 amide bonds. The molecule has 1 aromatic heterocycles. The Morgan fingerprint density at radius 3 is 2.89 bits per heavy atom. The number of H-pyrrole nitrogens is 1. The average Bonchev–Trinajstić information content (AvgIpc) is 2.67. The van der Waals surface area contributed by atoms with Gasteiger partial charge in [-0.2, -0.15) is 0 Å². The second-order valence-electron chi connectivity index (χ2n) is 5.65. The van der Waals surface area contributed by atoms with E-state index in [0.29, 0.717) is 6.42 Å². The van der Waals surface area contributed by atoms with Crippen LogP contribution in [0.25, 0.3) is 17.1 Å². The zero-order chi connectivity index (χ0) is 13.6. The highest BCUT2D eigenvalue weighted by Gasteiger charge is 2.32. The molecule has 1 aliphatic heterocycles. The number of nitrogens with one attached hydrogen (secondary N) is 2. The number of imidazole rings is 1. The summed E-state index contributed by atoms with van der Waals surface area (Å²) in [7, 11) is 0. The van der Waals surface area contributed by atoms with Crippen molar-refractivity contribution >= 4 is 28.7 Å². The molecule has 3 rings (SSSR count). The van der Waals surface area contributed by atoms with Crippen molar-refractivity contribution in [2.45, 2.75) is 32.6 Å². The average molecular weight is 255 g/mol. The fraction of sp³-hybridized carbons (Fsp3) is 0.333. The van der Waals surface area contributed by atoms with Crippen LogP contribution in [0.3, 0.4) is 0 Å². The number of fused-ring (bicyclic) bond motifs is 2. The Balaban J connectivity index is 2.22. The molecule has 4 nitrogen and oxygen atoms in total. The van der Waals surface area contributed by atoms with Crippen molar-refractivity contribution in [1.82, 2.24) is 9.97 Å². The summed E-state index contributed by atoms with van der Waals surface area (Å²) in [6.07, 6.45) is 4.40. The second-order valence-corrected chi connectivity index (χ2v) is 5.65. The van der Waals surface area contributed by atoms with Crippen molar-refractivity contribution < 1.29 is 4.79 Å². The van der Waals surface area contributed by atoms with E-state index in [1.807, 2.05) is 25.1 Å². The Labute approximate surface area is 111 Å². The third-order valence-corrected chi connectivity index (χ3v) is 3.57. The lowest BCUT2D eigenvalue weighted by Gasteiger charge is -2.31. The van der Waals surface area contributed by atoms with Gasteiger partial charge in [-0.25, -0.2) is 4.98 Å². The van der Waals surface area contributed by atoms with Crippen LogP contribution >= 0.6 is 0 Å². The first-order valence-corrected chi connectivity index (χ1v) is 6.46. The molecule has 2 heterocycles. The summed E-state index contributed by atoms with van der Waals surface area (Å²) in [5, 5.41) is 2.94. The lowest BCUT2D eigenvalue weighted by atomic mass is 9.78. The van der Waals surface area contributed by atoms with E-state index < -0.39 is 0 Å². The molecule has 1 aromatic carbocycles. The number of hydrogen-bond acceptors (Lipinski definition) is 2. The van der Waals surface area contributed by atoms with Gasteiger partial charge in [0.25, 0.3) is 0 Å². The van der Waals surface area contributed by atoms with Gasteiger partial charge < -0.3 is 10.3 Å². The third-order valence-electron chi connectivity index (χ3n) is 3.57. The highest BCUT2D eigenvalue weighted by Crippen LogP contribution is 2.38. The lowest BCUT2D eigenvalue weighted by Crippen LogP contribution is -2.32. The summed E-state index contributed by atoms with van der Waals surface area (Å²) in [6, 6.07) is 4.05. The minimum absolute atomic E-state index is 0.0704. The molecule has 98 valence electrons. The van der Waals surface area contributed by atoms with Crippen molar-refractivity contribution in [1.29, 1.82) is 0 Å². The molecule has 0 aliphatic carbocycles. The van der Waals surface area contributed by atoms with Crippen LogP contribution in [0.2, 0.25) is 0 Å². The topological polar surface area (TPSA) is 57.8 Å². The van der Waals surface area contributed by atoms with Crippen molar-refractivity contribution in [3.05, 3.63) is 29.6 Å². The monoisotopic (exact) mass is 255 g/mol. The Morgan fingerprint density at radius 1 is 1.37 bits per heavy atom. The standard InChI is InChI=1S/C15H17N3O/c1-4-5-13-16-11-6-9-10(7-12(11)17-13)18-14(19)8-15(9,2)3/h4-7H,8H2,1-3H3,(H,16,17)(H,18,19)/b5-4-. The molecule has 19 heavy (non-hydrogen) atoms. The van der Waals surface area contributed by atoms with Gasteiger partial charge in [-0.05, 0) is 30.7 Å². The number of anilines is 1. The fourth-order valence-corrected chi connectivity index (χ4v) is 2.67. The number of nitrogens with zero attached hydrogens (tertiary/aromatic N) is 1. The Bertz CT molecular complexity index is 695. The Kier molecular flexibility index (Phi) is 2.49. The van der Waals surface area contributed by atoms with Crippen LogP contribution in [0.1, 0.15) is 38.6 Å². The van der Waals surface area contributed by atoms with E-state index in [2.05, 4.69) is 35.2 Å². The number of benzene rings is 1. The van der Waals surface area contributed by atoms with Crippen LogP contribution in [-0.2, 0) is 10.2 Å². The summed E-state index contributed by atoms with van der Waals surface area (Å²) in [5.41, 5.74) is 3.79. The zero-order valence-electron chi connectivity index (χ0n) is 11.4. The van der Waals surface area contributed by atoms with E-state index in [-0.39, 0.29) is 11.3 Å². The van der Waals surface area contributed by atoms with Crippen LogP contribution in [0, 0.1) is 0 Å². The number of rotatable bonds is 1. The van der Waals surface area contributed by atoms with Crippen molar-refractivity contribution in [3.63, 3.8) is 0 Å². The van der Waals surface area contributed by atoms with Gasteiger partial charge in [0.1, 0.15) is 5.82 Å². The van der Waals surface area contributed by atoms with Gasteiger partial charge >= 0.3 is 0 Å². The van der Waals surface area contributed by atoms with E-state index in [0.717, 1.165) is 28.1 Å². The first kappa shape index (κ1) is 12.0. The molecular formula is C15H17N3O. The van der Waals surface area contributed by atoms with Gasteiger partial charge in [0, 0.05) is 17.5 Å². The number of carbonyl (C=O) groups excluding carboxylic acids is 1. The zero-order valence-corrected chi connectivity index (χ0v) is 11.4. The number of allylic oxidation sites excluding steroid dienone is 1. The molecule has 0 fully saturated rings. The highest BCUT2D eigenvalue weighted by molar-refractivity contribution is 5.98. The molecule has 2 aromatic rings. The second kappa shape index (κ2) is 3.95. The summed E-state index contributed by atoms with van der Waals surface area (Å²) < 4.78 is 0. The van der Waals surface area contributed by atoms with Crippen LogP contribution in [-0.4, -0.2) is 15.9 Å². The van der Waals surface area contributed by atoms with Crippen molar-refractivity contribution in [2.75, 3.05) is 5.32 Å². The smallest absolute Gasteiger partial charge is 0.225 e. The Morgan fingerprint density at radius 2 is 2.16 bits per heavy atom. The normalized spacial score (nSPS) is 17.7. The minimum atomic E-state index is -0.141. The minimum Gasteiger partial charge on any atom is -0.338 e. The van der Waals surface area contributed by atoms with Gasteiger partial charge in [0.15, 0.2) is 0 Å². The molecule has 0 radical (unpaired) electrons. The largest absolute Gasteiger partial charge is 0.338 e. The summed E-state index contributed by atoms with van der Waals surface area (Å²) in [4.78, 5) is 19.5. The van der Waals surface area contributed by atoms with Gasteiger partial charge in [0.2, 0.25) is 5.91 Å². The van der Waals surface area contributed by atoms with E-state index in [4.69, 9.17) is 0 Å².